The molecule has 0 aromatic rings. The van der Waals surface area contributed by atoms with E-state index in [0.29, 0.717) is 17.8 Å². The summed E-state index contributed by atoms with van der Waals surface area (Å²) in [5, 5.41) is 0. The van der Waals surface area contributed by atoms with Crippen molar-refractivity contribution in [3.05, 3.63) is 0 Å². The molecule has 4 aliphatic rings. The molecule has 4 heteroatoms. The van der Waals surface area contributed by atoms with Crippen LogP contribution in [-0.2, 0) is 9.53 Å². The first kappa shape index (κ1) is 15.7. The third kappa shape index (κ3) is 3.58. The second-order valence-electron chi connectivity index (χ2n) is 7.60. The molecule has 0 radical (unpaired) electrons. The molecule has 2 N–H and O–H groups in total. The van der Waals surface area contributed by atoms with Gasteiger partial charge in [-0.25, -0.2) is 0 Å². The summed E-state index contributed by atoms with van der Waals surface area (Å²) in [6.45, 7) is 2.25. The van der Waals surface area contributed by atoms with Crippen LogP contribution in [0.2, 0.25) is 0 Å². The Morgan fingerprint density at radius 1 is 1.24 bits per heavy atom. The van der Waals surface area contributed by atoms with Gasteiger partial charge < -0.3 is 10.5 Å². The molecule has 1 atom stereocenters. The summed E-state index contributed by atoms with van der Waals surface area (Å²) in [6.07, 6.45) is 10.3. The van der Waals surface area contributed by atoms with Crippen LogP contribution in [0.1, 0.15) is 51.9 Å². The van der Waals surface area contributed by atoms with Crippen LogP contribution in [0.3, 0.4) is 0 Å². The zero-order valence-corrected chi connectivity index (χ0v) is 14.0. The van der Waals surface area contributed by atoms with Gasteiger partial charge in [-0.05, 0) is 80.8 Å². The molecule has 0 spiro atoms. The lowest BCUT2D eigenvalue weighted by atomic mass is 9.49. The van der Waals surface area contributed by atoms with Crippen molar-refractivity contribution < 1.29 is 9.53 Å². The van der Waals surface area contributed by atoms with Crippen LogP contribution >= 0.6 is 11.8 Å². The summed E-state index contributed by atoms with van der Waals surface area (Å²) in [5.74, 6) is 4.69. The van der Waals surface area contributed by atoms with E-state index < -0.39 is 6.04 Å². The highest BCUT2D eigenvalue weighted by molar-refractivity contribution is 7.99. The first-order valence-corrected chi connectivity index (χ1v) is 9.75. The highest BCUT2D eigenvalue weighted by atomic mass is 32.2. The number of carbonyl (C=O) groups excluding carboxylic acids is 1. The lowest BCUT2D eigenvalue weighted by molar-refractivity contribution is -0.144. The minimum atomic E-state index is -0.452. The normalized spacial score (nSPS) is 38.5. The zero-order chi connectivity index (χ0) is 14.9. The maximum atomic E-state index is 11.5. The van der Waals surface area contributed by atoms with Gasteiger partial charge in [0, 0.05) is 5.75 Å². The van der Waals surface area contributed by atoms with Gasteiger partial charge in [-0.15, -0.1) is 0 Å². The van der Waals surface area contributed by atoms with E-state index in [2.05, 4.69) is 0 Å². The van der Waals surface area contributed by atoms with Gasteiger partial charge in [0.2, 0.25) is 0 Å². The van der Waals surface area contributed by atoms with E-state index in [4.69, 9.17) is 10.5 Å². The Morgan fingerprint density at radius 2 is 1.81 bits per heavy atom. The van der Waals surface area contributed by atoms with Gasteiger partial charge in [-0.2, -0.15) is 11.8 Å². The summed E-state index contributed by atoms with van der Waals surface area (Å²) in [4.78, 5) is 11.5. The minimum Gasteiger partial charge on any atom is -0.465 e. The number of nitrogens with two attached hydrogens (primary N) is 1. The number of carbonyl (C=O) groups is 1. The summed E-state index contributed by atoms with van der Waals surface area (Å²) in [6, 6.07) is -0.452. The standard InChI is InChI=1S/C17H29NO2S/c1-2-20-16(19)15(18)11-21-4-3-17-8-12-5-13(9-17)7-14(6-12)10-17/h12-15H,2-11,18H2,1H3. The average molecular weight is 311 g/mol. The van der Waals surface area contributed by atoms with Gasteiger partial charge in [0.25, 0.3) is 0 Å². The Hall–Kier alpha value is -0.220. The fourth-order valence-electron chi connectivity index (χ4n) is 5.41. The number of ether oxygens (including phenoxy) is 1. The van der Waals surface area contributed by atoms with Gasteiger partial charge in [-0.1, -0.05) is 0 Å². The minimum absolute atomic E-state index is 0.250. The third-order valence-electron chi connectivity index (χ3n) is 5.83. The second kappa shape index (κ2) is 6.49. The van der Waals surface area contributed by atoms with E-state index in [1.54, 1.807) is 0 Å². The Balaban J connectivity index is 1.41. The highest BCUT2D eigenvalue weighted by Gasteiger charge is 2.50. The quantitative estimate of drug-likeness (QED) is 0.579. The lowest BCUT2D eigenvalue weighted by Crippen LogP contribution is -2.46. The van der Waals surface area contributed by atoms with Gasteiger partial charge in [0.1, 0.15) is 6.04 Å². The predicted octanol–water partition coefficient (Wildman–Crippen LogP) is 3.22. The Bertz CT molecular complexity index is 350. The summed E-state index contributed by atoms with van der Waals surface area (Å²) < 4.78 is 4.96. The smallest absolute Gasteiger partial charge is 0.323 e. The predicted molar refractivity (Wildman–Crippen MR) is 87.2 cm³/mol. The largest absolute Gasteiger partial charge is 0.465 e. The molecule has 4 aliphatic carbocycles. The molecular weight excluding hydrogens is 282 g/mol. The van der Waals surface area contributed by atoms with Crippen LogP contribution in [-0.4, -0.2) is 30.1 Å². The molecule has 0 aromatic carbocycles. The SMILES string of the molecule is CCOC(=O)C(N)CSCCC12CC3CC(CC(C3)C1)C2. The van der Waals surface area contributed by atoms with Gasteiger partial charge in [0.15, 0.2) is 0 Å². The molecular formula is C17H29NO2S. The highest BCUT2D eigenvalue weighted by Crippen LogP contribution is 2.61. The van der Waals surface area contributed by atoms with Crippen molar-refractivity contribution in [3.63, 3.8) is 0 Å². The summed E-state index contributed by atoms with van der Waals surface area (Å²) in [5.41, 5.74) is 6.50. The van der Waals surface area contributed by atoms with E-state index >= 15 is 0 Å². The molecule has 4 saturated carbocycles. The van der Waals surface area contributed by atoms with Crippen LogP contribution in [0.4, 0.5) is 0 Å². The molecule has 0 heterocycles. The number of rotatable bonds is 7. The maximum Gasteiger partial charge on any atom is 0.323 e. The van der Waals surface area contributed by atoms with Crippen molar-refractivity contribution in [3.8, 4) is 0 Å². The number of hydrogen-bond donors (Lipinski definition) is 1. The van der Waals surface area contributed by atoms with E-state index in [0.717, 1.165) is 23.5 Å². The first-order chi connectivity index (χ1) is 10.1. The van der Waals surface area contributed by atoms with E-state index in [9.17, 15) is 4.79 Å². The van der Waals surface area contributed by atoms with Crippen LogP contribution in [0.15, 0.2) is 0 Å². The molecule has 0 amide bonds. The number of thioether (sulfide) groups is 1. The molecule has 0 saturated heterocycles. The van der Waals surface area contributed by atoms with Crippen molar-refractivity contribution in [2.45, 2.75) is 57.9 Å². The van der Waals surface area contributed by atoms with Crippen molar-refractivity contribution >= 4 is 17.7 Å². The topological polar surface area (TPSA) is 52.3 Å². The van der Waals surface area contributed by atoms with Crippen molar-refractivity contribution in [1.82, 2.24) is 0 Å². The molecule has 0 aliphatic heterocycles. The molecule has 21 heavy (non-hydrogen) atoms. The Morgan fingerprint density at radius 3 is 2.33 bits per heavy atom. The molecule has 4 rings (SSSR count). The molecule has 1 unspecified atom stereocenters. The fourth-order valence-corrected chi connectivity index (χ4v) is 6.55. The lowest BCUT2D eigenvalue weighted by Gasteiger charge is -2.57. The molecule has 4 bridgehead atoms. The number of hydrogen-bond acceptors (Lipinski definition) is 4. The van der Waals surface area contributed by atoms with Gasteiger partial charge in [-0.3, -0.25) is 4.79 Å². The second-order valence-corrected chi connectivity index (χ2v) is 8.75. The van der Waals surface area contributed by atoms with Crippen molar-refractivity contribution in [2.24, 2.45) is 28.9 Å². The van der Waals surface area contributed by atoms with E-state index in [1.807, 2.05) is 18.7 Å². The first-order valence-electron chi connectivity index (χ1n) is 8.60. The fraction of sp³-hybridized carbons (Fsp3) is 0.941. The summed E-state index contributed by atoms with van der Waals surface area (Å²) >= 11 is 1.84. The third-order valence-corrected chi connectivity index (χ3v) is 6.92. The van der Waals surface area contributed by atoms with E-state index in [-0.39, 0.29) is 5.97 Å². The van der Waals surface area contributed by atoms with Gasteiger partial charge >= 0.3 is 5.97 Å². The van der Waals surface area contributed by atoms with E-state index in [1.165, 1.54) is 44.9 Å². The van der Waals surface area contributed by atoms with Crippen molar-refractivity contribution in [1.29, 1.82) is 0 Å². The molecule has 0 aromatic heterocycles. The Kier molecular flexibility index (Phi) is 4.84. The zero-order valence-electron chi connectivity index (χ0n) is 13.2. The maximum absolute atomic E-state index is 11.5. The molecule has 120 valence electrons. The number of esters is 1. The molecule has 3 nitrogen and oxygen atoms in total. The van der Waals surface area contributed by atoms with Gasteiger partial charge in [0.05, 0.1) is 6.61 Å². The van der Waals surface area contributed by atoms with Crippen LogP contribution in [0, 0.1) is 23.2 Å². The van der Waals surface area contributed by atoms with Crippen LogP contribution in [0.5, 0.6) is 0 Å². The Labute approximate surface area is 132 Å². The average Bonchev–Trinajstić information content (AvgIpc) is 2.42. The van der Waals surface area contributed by atoms with Crippen molar-refractivity contribution in [2.75, 3.05) is 18.1 Å². The monoisotopic (exact) mass is 311 g/mol. The van der Waals surface area contributed by atoms with Crippen LogP contribution in [0.25, 0.3) is 0 Å². The van der Waals surface area contributed by atoms with Crippen LogP contribution < -0.4 is 5.73 Å². The summed E-state index contributed by atoms with van der Waals surface area (Å²) in [7, 11) is 0. The molecule has 4 fully saturated rings.